The number of rotatable bonds is 10. The van der Waals surface area contributed by atoms with Crippen LogP contribution in [-0.4, -0.2) is 78.7 Å². The molecule has 0 aliphatic carbocycles. The first kappa shape index (κ1) is 22.0. The van der Waals surface area contributed by atoms with Gasteiger partial charge in [-0.05, 0) is 17.7 Å². The quantitative estimate of drug-likeness (QED) is 0.441. The van der Waals surface area contributed by atoms with Gasteiger partial charge in [-0.15, -0.1) is 10.2 Å². The summed E-state index contributed by atoms with van der Waals surface area (Å²) in [6, 6.07) is 8.00. The van der Waals surface area contributed by atoms with Gasteiger partial charge >= 0.3 is 0 Å². The van der Waals surface area contributed by atoms with Crippen LogP contribution in [0.3, 0.4) is 0 Å². The molecule has 9 heteroatoms. The van der Waals surface area contributed by atoms with Crippen LogP contribution in [0.4, 0.5) is 0 Å². The third kappa shape index (κ3) is 7.00. The number of morpholine rings is 1. The number of aromatic nitrogens is 3. The van der Waals surface area contributed by atoms with E-state index in [0.717, 1.165) is 82.0 Å². The molecule has 1 aliphatic heterocycles. The molecule has 0 spiro atoms. The number of aryl methyl sites for hydroxylation is 1. The number of hydrogen-bond donors (Lipinski definition) is 2. The molecule has 0 unspecified atom stereocenters. The van der Waals surface area contributed by atoms with Gasteiger partial charge in [0.25, 0.3) is 0 Å². The summed E-state index contributed by atoms with van der Waals surface area (Å²) in [5, 5.41) is 15.0. The fourth-order valence-electron chi connectivity index (χ4n) is 3.31. The van der Waals surface area contributed by atoms with E-state index in [1.807, 2.05) is 18.2 Å². The third-order valence-corrected chi connectivity index (χ3v) is 5.04. The Morgan fingerprint density at radius 2 is 2.00 bits per heavy atom. The molecule has 1 aromatic heterocycles. The molecular weight excluding hydrogens is 382 g/mol. The molecule has 3 rings (SSSR count). The summed E-state index contributed by atoms with van der Waals surface area (Å²) in [6.45, 7) is 9.59. The van der Waals surface area contributed by atoms with Crippen molar-refractivity contribution >= 4 is 5.96 Å². The third-order valence-electron chi connectivity index (χ3n) is 5.04. The Balaban J connectivity index is 1.54. The van der Waals surface area contributed by atoms with E-state index in [4.69, 9.17) is 14.5 Å². The van der Waals surface area contributed by atoms with Gasteiger partial charge in [0.2, 0.25) is 0 Å². The zero-order chi connectivity index (χ0) is 21.0. The fraction of sp³-hybridized carbons (Fsp3) is 0.571. The summed E-state index contributed by atoms with van der Waals surface area (Å²) in [6.07, 6.45) is 2.65. The fourth-order valence-corrected chi connectivity index (χ4v) is 3.31. The first-order chi connectivity index (χ1) is 14.8. The topological polar surface area (TPSA) is 88.8 Å². The van der Waals surface area contributed by atoms with Gasteiger partial charge < -0.3 is 24.7 Å². The Bertz CT molecular complexity index is 787. The van der Waals surface area contributed by atoms with E-state index in [9.17, 15) is 0 Å². The molecule has 164 valence electrons. The van der Waals surface area contributed by atoms with Crippen molar-refractivity contribution in [1.82, 2.24) is 30.3 Å². The summed E-state index contributed by atoms with van der Waals surface area (Å²) in [7, 11) is 1.68. The van der Waals surface area contributed by atoms with Crippen molar-refractivity contribution in [3.8, 4) is 5.75 Å². The Labute approximate surface area is 178 Å². The van der Waals surface area contributed by atoms with Gasteiger partial charge in [0.1, 0.15) is 17.9 Å². The molecule has 2 aromatic rings. The average molecular weight is 416 g/mol. The standard InChI is InChI=1S/C21H33N7O2/c1-3-20-26-25-17-28(20)10-8-23-21(22-7-9-27-11-13-30-14-12-27)24-16-18-5-4-6-19(15-18)29-2/h4-6,15,17H,3,7-14,16H2,1-2H3,(H2,22,23,24). The van der Waals surface area contributed by atoms with Crippen LogP contribution in [-0.2, 0) is 24.2 Å². The molecule has 1 fully saturated rings. The van der Waals surface area contributed by atoms with Crippen LogP contribution in [0.25, 0.3) is 0 Å². The van der Waals surface area contributed by atoms with E-state index in [1.54, 1.807) is 13.4 Å². The number of nitrogens with zero attached hydrogens (tertiary/aromatic N) is 5. The Morgan fingerprint density at radius 3 is 2.77 bits per heavy atom. The molecule has 0 atom stereocenters. The minimum absolute atomic E-state index is 0.580. The summed E-state index contributed by atoms with van der Waals surface area (Å²) < 4.78 is 12.8. The molecule has 1 aromatic carbocycles. The van der Waals surface area contributed by atoms with Crippen molar-refractivity contribution in [2.45, 2.75) is 26.4 Å². The van der Waals surface area contributed by atoms with Crippen LogP contribution < -0.4 is 15.4 Å². The predicted octanol–water partition coefficient (Wildman–Crippen LogP) is 0.917. The second kappa shape index (κ2) is 12.1. The first-order valence-electron chi connectivity index (χ1n) is 10.6. The average Bonchev–Trinajstić information content (AvgIpc) is 3.25. The van der Waals surface area contributed by atoms with Crippen LogP contribution >= 0.6 is 0 Å². The van der Waals surface area contributed by atoms with Gasteiger partial charge in [0, 0.05) is 45.7 Å². The minimum Gasteiger partial charge on any atom is -0.497 e. The van der Waals surface area contributed by atoms with Crippen molar-refractivity contribution in [2.24, 2.45) is 4.99 Å². The van der Waals surface area contributed by atoms with Gasteiger partial charge in [0.05, 0.1) is 26.9 Å². The number of aliphatic imine (C=N–C) groups is 1. The molecule has 1 saturated heterocycles. The van der Waals surface area contributed by atoms with Crippen LogP contribution in [0, 0.1) is 0 Å². The Hall–Kier alpha value is -2.65. The van der Waals surface area contributed by atoms with Crippen molar-refractivity contribution in [1.29, 1.82) is 0 Å². The largest absolute Gasteiger partial charge is 0.497 e. The lowest BCUT2D eigenvalue weighted by Gasteiger charge is -2.26. The molecule has 9 nitrogen and oxygen atoms in total. The smallest absolute Gasteiger partial charge is 0.191 e. The molecule has 2 heterocycles. The molecule has 0 amide bonds. The highest BCUT2D eigenvalue weighted by Crippen LogP contribution is 2.13. The van der Waals surface area contributed by atoms with Crippen LogP contribution in [0.1, 0.15) is 18.3 Å². The zero-order valence-corrected chi connectivity index (χ0v) is 18.0. The van der Waals surface area contributed by atoms with Gasteiger partial charge in [-0.2, -0.15) is 0 Å². The van der Waals surface area contributed by atoms with Crippen LogP contribution in [0.2, 0.25) is 0 Å². The summed E-state index contributed by atoms with van der Waals surface area (Å²) in [4.78, 5) is 7.17. The normalized spacial score (nSPS) is 15.2. The molecule has 0 radical (unpaired) electrons. The van der Waals surface area contributed by atoms with Crippen molar-refractivity contribution in [2.75, 3.05) is 53.0 Å². The van der Waals surface area contributed by atoms with Gasteiger partial charge in [-0.25, -0.2) is 4.99 Å². The molecule has 2 N–H and O–H groups in total. The molecule has 0 bridgehead atoms. The van der Waals surface area contributed by atoms with E-state index in [1.165, 1.54) is 0 Å². The Morgan fingerprint density at radius 1 is 1.20 bits per heavy atom. The van der Waals surface area contributed by atoms with Gasteiger partial charge in [-0.1, -0.05) is 19.1 Å². The molecule has 1 aliphatic rings. The maximum Gasteiger partial charge on any atom is 0.191 e. The van der Waals surface area contributed by atoms with E-state index in [2.05, 4.69) is 43.3 Å². The lowest BCUT2D eigenvalue weighted by Crippen LogP contribution is -2.45. The van der Waals surface area contributed by atoms with Gasteiger partial charge in [0.15, 0.2) is 5.96 Å². The Kier molecular flexibility index (Phi) is 8.92. The number of guanidine groups is 1. The van der Waals surface area contributed by atoms with E-state index in [-0.39, 0.29) is 0 Å². The second-order valence-electron chi connectivity index (χ2n) is 7.12. The number of ether oxygens (including phenoxy) is 2. The number of methoxy groups -OCH3 is 1. The maximum absolute atomic E-state index is 5.42. The van der Waals surface area contributed by atoms with Gasteiger partial charge in [-0.3, -0.25) is 4.90 Å². The second-order valence-corrected chi connectivity index (χ2v) is 7.12. The van der Waals surface area contributed by atoms with Crippen LogP contribution in [0.5, 0.6) is 5.75 Å². The number of hydrogen-bond acceptors (Lipinski definition) is 6. The summed E-state index contributed by atoms with van der Waals surface area (Å²) in [5.41, 5.74) is 1.11. The molecule has 0 saturated carbocycles. The highest BCUT2D eigenvalue weighted by Gasteiger charge is 2.10. The maximum atomic E-state index is 5.42. The lowest BCUT2D eigenvalue weighted by atomic mass is 10.2. The van der Waals surface area contributed by atoms with Crippen LogP contribution in [0.15, 0.2) is 35.6 Å². The first-order valence-corrected chi connectivity index (χ1v) is 10.6. The van der Waals surface area contributed by atoms with E-state index >= 15 is 0 Å². The number of nitrogens with one attached hydrogen (secondary N) is 2. The predicted molar refractivity (Wildman–Crippen MR) is 117 cm³/mol. The minimum atomic E-state index is 0.580. The monoisotopic (exact) mass is 415 g/mol. The zero-order valence-electron chi connectivity index (χ0n) is 18.0. The molecular formula is C21H33N7O2. The lowest BCUT2D eigenvalue weighted by molar-refractivity contribution is 0.0389. The van der Waals surface area contributed by atoms with Crippen molar-refractivity contribution in [3.63, 3.8) is 0 Å². The summed E-state index contributed by atoms with van der Waals surface area (Å²) in [5.74, 6) is 2.64. The highest BCUT2D eigenvalue weighted by molar-refractivity contribution is 5.79. The van der Waals surface area contributed by atoms with Crippen molar-refractivity contribution in [3.05, 3.63) is 42.0 Å². The summed E-state index contributed by atoms with van der Waals surface area (Å²) >= 11 is 0. The molecule has 30 heavy (non-hydrogen) atoms. The highest BCUT2D eigenvalue weighted by atomic mass is 16.5. The van der Waals surface area contributed by atoms with E-state index < -0.39 is 0 Å². The number of benzene rings is 1. The van der Waals surface area contributed by atoms with Crippen molar-refractivity contribution < 1.29 is 9.47 Å². The SMILES string of the molecule is CCc1nncn1CCNC(=NCc1cccc(OC)c1)NCCN1CCOCC1. The van der Waals surface area contributed by atoms with E-state index in [0.29, 0.717) is 6.54 Å².